The van der Waals surface area contributed by atoms with Gasteiger partial charge in [0.25, 0.3) is 0 Å². The minimum atomic E-state index is 0.225. The van der Waals surface area contributed by atoms with Crippen LogP contribution in [0.4, 0.5) is 0 Å². The highest BCUT2D eigenvalue weighted by atomic mass is 35.5. The lowest BCUT2D eigenvalue weighted by molar-refractivity contribution is 0.112. The second-order valence-electron chi connectivity index (χ2n) is 4.94. The third kappa shape index (κ3) is 2.62. The number of aldehydes is 1. The molecule has 0 aliphatic carbocycles. The van der Waals surface area contributed by atoms with Gasteiger partial charge in [-0.15, -0.1) is 0 Å². The Balaban J connectivity index is 1.87. The lowest BCUT2D eigenvalue weighted by Crippen LogP contribution is -2.05. The fourth-order valence-corrected chi connectivity index (χ4v) is 2.69. The van der Waals surface area contributed by atoms with Gasteiger partial charge in [0.15, 0.2) is 6.29 Å². The SMILES string of the molecule is O=Cc1cn(Cc2ccccc2Cl)nc1C1CCOC1. The van der Waals surface area contributed by atoms with Crippen LogP contribution in [-0.4, -0.2) is 29.3 Å². The van der Waals surface area contributed by atoms with Gasteiger partial charge in [0.05, 0.1) is 24.4 Å². The van der Waals surface area contributed by atoms with Crippen molar-refractivity contribution in [2.45, 2.75) is 18.9 Å². The molecule has 0 radical (unpaired) electrons. The smallest absolute Gasteiger partial charge is 0.153 e. The van der Waals surface area contributed by atoms with Gasteiger partial charge in [0, 0.05) is 23.7 Å². The van der Waals surface area contributed by atoms with E-state index in [2.05, 4.69) is 5.10 Å². The van der Waals surface area contributed by atoms with Crippen molar-refractivity contribution >= 4 is 17.9 Å². The van der Waals surface area contributed by atoms with Crippen LogP contribution in [0, 0.1) is 0 Å². The molecule has 4 nitrogen and oxygen atoms in total. The number of aromatic nitrogens is 2. The van der Waals surface area contributed by atoms with Crippen molar-refractivity contribution in [1.29, 1.82) is 0 Å². The molecule has 104 valence electrons. The van der Waals surface area contributed by atoms with Crippen LogP contribution in [0.5, 0.6) is 0 Å². The Labute approximate surface area is 122 Å². The Morgan fingerprint density at radius 3 is 3.00 bits per heavy atom. The van der Waals surface area contributed by atoms with Crippen molar-refractivity contribution in [3.63, 3.8) is 0 Å². The van der Waals surface area contributed by atoms with Crippen LogP contribution in [0.2, 0.25) is 5.02 Å². The summed E-state index contributed by atoms with van der Waals surface area (Å²) < 4.78 is 7.15. The first-order chi connectivity index (χ1) is 9.78. The summed E-state index contributed by atoms with van der Waals surface area (Å²) in [6.07, 6.45) is 3.57. The van der Waals surface area contributed by atoms with Gasteiger partial charge < -0.3 is 4.74 Å². The van der Waals surface area contributed by atoms with Gasteiger partial charge in [-0.05, 0) is 18.1 Å². The molecule has 1 aliphatic heterocycles. The lowest BCUT2D eigenvalue weighted by atomic mass is 10.0. The number of ether oxygens (including phenoxy) is 1. The largest absolute Gasteiger partial charge is 0.381 e. The van der Waals surface area contributed by atoms with E-state index in [0.29, 0.717) is 23.7 Å². The third-order valence-electron chi connectivity index (χ3n) is 3.55. The Morgan fingerprint density at radius 1 is 1.45 bits per heavy atom. The maximum Gasteiger partial charge on any atom is 0.153 e. The molecule has 1 atom stereocenters. The van der Waals surface area contributed by atoms with E-state index in [4.69, 9.17) is 16.3 Å². The molecule has 2 aromatic rings. The van der Waals surface area contributed by atoms with Crippen molar-refractivity contribution in [1.82, 2.24) is 9.78 Å². The Bertz CT molecular complexity index is 618. The molecular formula is C15H15ClN2O2. The molecule has 1 fully saturated rings. The molecule has 20 heavy (non-hydrogen) atoms. The summed E-state index contributed by atoms with van der Waals surface area (Å²) in [4.78, 5) is 11.2. The summed E-state index contributed by atoms with van der Waals surface area (Å²) in [5.74, 6) is 0.225. The van der Waals surface area contributed by atoms with Crippen LogP contribution in [0.15, 0.2) is 30.5 Å². The van der Waals surface area contributed by atoms with E-state index in [9.17, 15) is 4.79 Å². The van der Waals surface area contributed by atoms with E-state index in [1.807, 2.05) is 24.3 Å². The molecule has 1 aromatic heterocycles. The minimum Gasteiger partial charge on any atom is -0.381 e. The number of benzene rings is 1. The molecule has 1 aliphatic rings. The summed E-state index contributed by atoms with van der Waals surface area (Å²) in [5, 5.41) is 5.26. The molecule has 0 N–H and O–H groups in total. The number of carbonyl (C=O) groups excluding carboxylic acids is 1. The van der Waals surface area contributed by atoms with E-state index in [-0.39, 0.29) is 5.92 Å². The maximum atomic E-state index is 11.2. The molecule has 1 aromatic carbocycles. The number of carbonyl (C=O) groups is 1. The standard InChI is InChI=1S/C15H15ClN2O2/c16-14-4-2-1-3-11(14)7-18-8-13(9-19)15(17-18)12-5-6-20-10-12/h1-4,8-9,12H,5-7,10H2. The van der Waals surface area contributed by atoms with Crippen LogP contribution in [0.3, 0.4) is 0 Å². The first-order valence-electron chi connectivity index (χ1n) is 6.61. The first-order valence-corrected chi connectivity index (χ1v) is 6.99. The predicted octanol–water partition coefficient (Wildman–Crippen LogP) is 2.90. The Morgan fingerprint density at radius 2 is 2.30 bits per heavy atom. The van der Waals surface area contributed by atoms with Gasteiger partial charge in [0.2, 0.25) is 0 Å². The van der Waals surface area contributed by atoms with Gasteiger partial charge in [-0.3, -0.25) is 9.48 Å². The Kier molecular flexibility index (Phi) is 3.85. The van der Waals surface area contributed by atoms with Crippen molar-refractivity contribution in [3.05, 3.63) is 52.3 Å². The zero-order valence-corrected chi connectivity index (χ0v) is 11.7. The zero-order valence-electron chi connectivity index (χ0n) is 11.0. The topological polar surface area (TPSA) is 44.1 Å². The van der Waals surface area contributed by atoms with Crippen LogP contribution in [0.25, 0.3) is 0 Å². The second-order valence-corrected chi connectivity index (χ2v) is 5.34. The van der Waals surface area contributed by atoms with E-state index < -0.39 is 0 Å². The molecule has 1 saturated heterocycles. The molecule has 2 heterocycles. The van der Waals surface area contributed by atoms with Gasteiger partial charge in [-0.2, -0.15) is 5.10 Å². The van der Waals surface area contributed by atoms with Crippen molar-refractivity contribution in [2.24, 2.45) is 0 Å². The van der Waals surface area contributed by atoms with Crippen LogP contribution < -0.4 is 0 Å². The van der Waals surface area contributed by atoms with Gasteiger partial charge in [-0.1, -0.05) is 29.8 Å². The number of nitrogens with zero attached hydrogens (tertiary/aromatic N) is 2. The van der Waals surface area contributed by atoms with E-state index >= 15 is 0 Å². The molecule has 0 spiro atoms. The third-order valence-corrected chi connectivity index (χ3v) is 3.92. The summed E-state index contributed by atoms with van der Waals surface area (Å²) in [6, 6.07) is 7.65. The van der Waals surface area contributed by atoms with Crippen molar-refractivity contribution < 1.29 is 9.53 Å². The van der Waals surface area contributed by atoms with Gasteiger partial charge in [0.1, 0.15) is 0 Å². The molecule has 0 bridgehead atoms. The molecule has 0 amide bonds. The quantitative estimate of drug-likeness (QED) is 0.813. The molecule has 0 saturated carbocycles. The highest BCUT2D eigenvalue weighted by Gasteiger charge is 2.23. The zero-order chi connectivity index (χ0) is 13.9. The molecule has 1 unspecified atom stereocenters. The number of halogens is 1. The highest BCUT2D eigenvalue weighted by Crippen LogP contribution is 2.26. The average Bonchev–Trinajstić information content (AvgIpc) is 3.09. The summed E-state index contributed by atoms with van der Waals surface area (Å²) >= 11 is 6.15. The molecule has 5 heteroatoms. The fourth-order valence-electron chi connectivity index (χ4n) is 2.49. The summed E-state index contributed by atoms with van der Waals surface area (Å²) in [6.45, 7) is 1.94. The number of hydrogen-bond donors (Lipinski definition) is 0. The van der Waals surface area contributed by atoms with E-state index in [1.165, 1.54) is 0 Å². The van der Waals surface area contributed by atoms with Gasteiger partial charge in [-0.25, -0.2) is 0 Å². The fraction of sp³-hybridized carbons (Fsp3) is 0.333. The van der Waals surface area contributed by atoms with Crippen LogP contribution in [-0.2, 0) is 11.3 Å². The lowest BCUT2D eigenvalue weighted by Gasteiger charge is -2.05. The molecular weight excluding hydrogens is 276 g/mol. The maximum absolute atomic E-state index is 11.2. The Hall–Kier alpha value is -1.65. The number of hydrogen-bond acceptors (Lipinski definition) is 3. The minimum absolute atomic E-state index is 0.225. The molecule has 3 rings (SSSR count). The summed E-state index contributed by atoms with van der Waals surface area (Å²) in [7, 11) is 0. The van der Waals surface area contributed by atoms with E-state index in [0.717, 1.165) is 30.6 Å². The second kappa shape index (κ2) is 5.77. The van der Waals surface area contributed by atoms with Crippen molar-refractivity contribution in [2.75, 3.05) is 13.2 Å². The predicted molar refractivity (Wildman–Crippen MR) is 76.3 cm³/mol. The van der Waals surface area contributed by atoms with Crippen LogP contribution >= 0.6 is 11.6 Å². The normalized spacial score (nSPS) is 18.4. The average molecular weight is 291 g/mol. The monoisotopic (exact) mass is 290 g/mol. The van der Waals surface area contributed by atoms with Crippen LogP contribution in [0.1, 0.15) is 34.0 Å². The van der Waals surface area contributed by atoms with E-state index in [1.54, 1.807) is 10.9 Å². The first kappa shape index (κ1) is 13.3. The number of rotatable bonds is 4. The van der Waals surface area contributed by atoms with Gasteiger partial charge >= 0.3 is 0 Å². The van der Waals surface area contributed by atoms with Crippen molar-refractivity contribution in [3.8, 4) is 0 Å². The summed E-state index contributed by atoms with van der Waals surface area (Å²) in [5.41, 5.74) is 2.47. The highest BCUT2D eigenvalue weighted by molar-refractivity contribution is 6.31.